The quantitative estimate of drug-likeness (QED) is 0.654. The summed E-state index contributed by atoms with van der Waals surface area (Å²) in [6.45, 7) is 0.930. The van der Waals surface area contributed by atoms with Gasteiger partial charge in [-0.15, -0.1) is 0 Å². The summed E-state index contributed by atoms with van der Waals surface area (Å²) >= 11 is 0. The molecular weight excluding hydrogens is 333 g/mol. The molecule has 1 aromatic rings. The maximum Gasteiger partial charge on any atom is 0.212 e. The maximum absolute atomic E-state index is 13.9. The fraction of sp³-hybridized carbons (Fsp3) is 0.647. The lowest BCUT2D eigenvalue weighted by Crippen LogP contribution is -2.36. The number of ether oxygens (including phenoxy) is 2. The van der Waals surface area contributed by atoms with Gasteiger partial charge in [0.05, 0.1) is 17.9 Å². The lowest BCUT2D eigenvalue weighted by atomic mass is 10.1. The molecule has 7 heteroatoms. The van der Waals surface area contributed by atoms with Gasteiger partial charge < -0.3 is 9.47 Å². The minimum atomic E-state index is -3.40. The zero-order valence-corrected chi connectivity index (χ0v) is 14.7. The normalized spacial score (nSPS) is 19.2. The van der Waals surface area contributed by atoms with Gasteiger partial charge in [0.2, 0.25) is 10.0 Å². The molecule has 1 N–H and O–H groups in total. The van der Waals surface area contributed by atoms with Crippen molar-refractivity contribution in [3.05, 3.63) is 29.6 Å². The lowest BCUT2D eigenvalue weighted by molar-refractivity contribution is 0.199. The van der Waals surface area contributed by atoms with Crippen molar-refractivity contribution in [2.45, 2.75) is 37.6 Å². The van der Waals surface area contributed by atoms with Crippen molar-refractivity contribution < 1.29 is 22.3 Å². The van der Waals surface area contributed by atoms with Crippen LogP contribution in [0.1, 0.15) is 37.7 Å². The smallest absolute Gasteiger partial charge is 0.212 e. The van der Waals surface area contributed by atoms with E-state index < -0.39 is 21.4 Å². The molecule has 3 rings (SSSR count). The van der Waals surface area contributed by atoms with Crippen molar-refractivity contribution in [2.24, 2.45) is 5.92 Å². The number of halogens is 1. The van der Waals surface area contributed by atoms with E-state index >= 15 is 0 Å². The van der Waals surface area contributed by atoms with Crippen LogP contribution in [0.4, 0.5) is 4.39 Å². The van der Waals surface area contributed by atoms with Crippen LogP contribution in [-0.4, -0.2) is 34.5 Å². The topological polar surface area (TPSA) is 64.6 Å². The van der Waals surface area contributed by atoms with Crippen LogP contribution < -0.4 is 9.46 Å². The fourth-order valence-corrected chi connectivity index (χ4v) is 4.24. The van der Waals surface area contributed by atoms with Gasteiger partial charge in [-0.1, -0.05) is 6.07 Å². The van der Waals surface area contributed by atoms with Gasteiger partial charge in [0.15, 0.2) is 11.6 Å². The Morgan fingerprint density at radius 1 is 1.33 bits per heavy atom. The van der Waals surface area contributed by atoms with Gasteiger partial charge in [-0.05, 0) is 55.7 Å². The highest BCUT2D eigenvalue weighted by Gasteiger charge is 2.47. The van der Waals surface area contributed by atoms with Gasteiger partial charge >= 0.3 is 0 Å². The molecular formula is C17H24FNO4S. The Bertz CT molecular complexity index is 684. The van der Waals surface area contributed by atoms with E-state index in [0.717, 1.165) is 18.4 Å². The molecule has 0 bridgehead atoms. The molecule has 2 aliphatic rings. The number of nitrogens with one attached hydrogen (secondary N) is 1. The second-order valence-electron chi connectivity index (χ2n) is 6.75. The van der Waals surface area contributed by atoms with Gasteiger partial charge in [0.25, 0.3) is 0 Å². The summed E-state index contributed by atoms with van der Waals surface area (Å²) in [5.74, 6) is 0.360. The predicted octanol–water partition coefficient (Wildman–Crippen LogP) is 2.56. The van der Waals surface area contributed by atoms with Crippen molar-refractivity contribution >= 4 is 10.0 Å². The molecule has 0 saturated heterocycles. The molecule has 1 aromatic carbocycles. The van der Waals surface area contributed by atoms with Crippen LogP contribution in [-0.2, 0) is 20.3 Å². The van der Waals surface area contributed by atoms with Gasteiger partial charge in [-0.25, -0.2) is 17.5 Å². The first-order valence-corrected chi connectivity index (χ1v) is 10.0. The molecule has 0 aromatic heterocycles. The molecule has 24 heavy (non-hydrogen) atoms. The van der Waals surface area contributed by atoms with E-state index in [9.17, 15) is 12.8 Å². The highest BCUT2D eigenvalue weighted by atomic mass is 32.2. The third-order valence-electron chi connectivity index (χ3n) is 4.52. The first kappa shape index (κ1) is 17.6. The highest BCUT2D eigenvalue weighted by Crippen LogP contribution is 2.47. The number of rotatable bonds is 10. The molecule has 0 amide bonds. The van der Waals surface area contributed by atoms with Crippen molar-refractivity contribution in [3.63, 3.8) is 0 Å². The summed E-state index contributed by atoms with van der Waals surface area (Å²) in [5, 5.41) is 0. The van der Waals surface area contributed by atoms with Crippen LogP contribution in [0.15, 0.2) is 18.2 Å². The maximum atomic E-state index is 13.9. The van der Waals surface area contributed by atoms with Crippen molar-refractivity contribution in [2.75, 3.05) is 26.1 Å². The molecule has 2 aliphatic carbocycles. The lowest BCUT2D eigenvalue weighted by Gasteiger charge is -2.19. The van der Waals surface area contributed by atoms with E-state index in [1.54, 1.807) is 19.2 Å². The molecule has 134 valence electrons. The standard InChI is InChI=1S/C17H24FNO4S/c1-22-9-2-10-24(20,21)19-17(7-8-17)14-5-6-15(18)16(11-14)23-12-13-3-4-13/h5-6,11,13,19H,2-4,7-10,12H2,1H3. The minimum absolute atomic E-state index is 0.0226. The molecule has 0 aliphatic heterocycles. The van der Waals surface area contributed by atoms with Crippen LogP contribution in [0.5, 0.6) is 5.75 Å². The second-order valence-corrected chi connectivity index (χ2v) is 8.59. The molecule has 0 radical (unpaired) electrons. The first-order valence-electron chi connectivity index (χ1n) is 8.37. The van der Waals surface area contributed by atoms with Gasteiger partial charge in [0.1, 0.15) is 0 Å². The average Bonchev–Trinajstić information content (AvgIpc) is 3.42. The summed E-state index contributed by atoms with van der Waals surface area (Å²) in [7, 11) is -1.85. The van der Waals surface area contributed by atoms with Crippen LogP contribution in [0.25, 0.3) is 0 Å². The van der Waals surface area contributed by atoms with E-state index in [2.05, 4.69) is 4.72 Å². The molecule has 0 atom stereocenters. The van der Waals surface area contributed by atoms with Crippen molar-refractivity contribution in [1.82, 2.24) is 4.72 Å². The van der Waals surface area contributed by atoms with E-state index in [-0.39, 0.29) is 11.5 Å². The molecule has 0 unspecified atom stereocenters. The average molecular weight is 357 g/mol. The fourth-order valence-electron chi connectivity index (χ4n) is 2.72. The number of hydrogen-bond donors (Lipinski definition) is 1. The Kier molecular flexibility index (Phi) is 5.13. The Morgan fingerprint density at radius 3 is 2.71 bits per heavy atom. The molecule has 0 heterocycles. The third-order valence-corrected chi connectivity index (χ3v) is 6.05. The predicted molar refractivity (Wildman–Crippen MR) is 88.9 cm³/mol. The SMILES string of the molecule is COCCCS(=O)(=O)NC1(c2ccc(F)c(OCC3CC3)c2)CC1. The van der Waals surface area contributed by atoms with E-state index in [1.807, 2.05) is 0 Å². The first-order chi connectivity index (χ1) is 11.4. The second kappa shape index (κ2) is 6.98. The monoisotopic (exact) mass is 357 g/mol. The van der Waals surface area contributed by atoms with Crippen LogP contribution >= 0.6 is 0 Å². The molecule has 2 saturated carbocycles. The summed E-state index contributed by atoms with van der Waals surface area (Å²) in [6, 6.07) is 4.64. The van der Waals surface area contributed by atoms with E-state index in [4.69, 9.17) is 9.47 Å². The molecule has 0 spiro atoms. The Balaban J connectivity index is 1.69. The zero-order chi connectivity index (χ0) is 17.2. The number of benzene rings is 1. The Labute approximate surface area is 142 Å². The van der Waals surface area contributed by atoms with Gasteiger partial charge in [-0.3, -0.25) is 0 Å². The number of methoxy groups -OCH3 is 1. The Morgan fingerprint density at radius 2 is 2.08 bits per heavy atom. The largest absolute Gasteiger partial charge is 0.490 e. The zero-order valence-electron chi connectivity index (χ0n) is 13.9. The highest BCUT2D eigenvalue weighted by molar-refractivity contribution is 7.89. The van der Waals surface area contributed by atoms with E-state index in [1.165, 1.54) is 6.07 Å². The summed E-state index contributed by atoms with van der Waals surface area (Å²) in [5.41, 5.74) is 0.155. The van der Waals surface area contributed by atoms with Crippen molar-refractivity contribution in [1.29, 1.82) is 0 Å². The Hall–Kier alpha value is -1.18. The van der Waals surface area contributed by atoms with Crippen LogP contribution in [0.3, 0.4) is 0 Å². The van der Waals surface area contributed by atoms with Crippen LogP contribution in [0, 0.1) is 11.7 Å². The van der Waals surface area contributed by atoms with Gasteiger partial charge in [-0.2, -0.15) is 0 Å². The van der Waals surface area contributed by atoms with Crippen molar-refractivity contribution in [3.8, 4) is 5.75 Å². The minimum Gasteiger partial charge on any atom is -0.490 e. The third kappa shape index (κ3) is 4.46. The number of hydrogen-bond acceptors (Lipinski definition) is 4. The summed E-state index contributed by atoms with van der Waals surface area (Å²) in [6.07, 6.45) is 4.13. The van der Waals surface area contributed by atoms with Gasteiger partial charge in [0, 0.05) is 13.7 Å². The molecule has 5 nitrogen and oxygen atoms in total. The number of sulfonamides is 1. The summed E-state index contributed by atoms with van der Waals surface area (Å²) in [4.78, 5) is 0. The van der Waals surface area contributed by atoms with Crippen LogP contribution in [0.2, 0.25) is 0 Å². The summed E-state index contributed by atoms with van der Waals surface area (Å²) < 4.78 is 51.6. The molecule has 2 fully saturated rings. The van der Waals surface area contributed by atoms with E-state index in [0.29, 0.717) is 38.4 Å².